The van der Waals surface area contributed by atoms with Gasteiger partial charge in [-0.2, -0.15) is 0 Å². The number of hydrogen-bond acceptors (Lipinski definition) is 4. The van der Waals surface area contributed by atoms with Gasteiger partial charge in [0.15, 0.2) is 0 Å². The van der Waals surface area contributed by atoms with Gasteiger partial charge in [0.05, 0.1) is 0 Å². The van der Waals surface area contributed by atoms with E-state index in [1.807, 2.05) is 6.92 Å². The second-order valence-corrected chi connectivity index (χ2v) is 5.68. The lowest BCUT2D eigenvalue weighted by atomic mass is 9.90. The van der Waals surface area contributed by atoms with Crippen molar-refractivity contribution in [1.29, 1.82) is 0 Å². The number of rotatable bonds is 5. The van der Waals surface area contributed by atoms with Gasteiger partial charge in [0, 0.05) is 39.6 Å². The highest BCUT2D eigenvalue weighted by atomic mass is 16.5. The van der Waals surface area contributed by atoms with Crippen molar-refractivity contribution in [2.24, 2.45) is 0 Å². The molecule has 0 bridgehead atoms. The number of ether oxygens (including phenoxy) is 1. The SMILES string of the molecule is CCCCN(C)C(=O)CN1C(=O)NC2(CCOCC2)C1=O. The first-order valence-corrected chi connectivity index (χ1v) is 7.46. The van der Waals surface area contributed by atoms with Crippen LogP contribution in [0.5, 0.6) is 0 Å². The van der Waals surface area contributed by atoms with Gasteiger partial charge < -0.3 is 15.0 Å². The van der Waals surface area contributed by atoms with Crippen LogP contribution in [-0.2, 0) is 14.3 Å². The predicted octanol–water partition coefficient (Wildman–Crippen LogP) is 0.346. The largest absolute Gasteiger partial charge is 0.381 e. The first kappa shape index (κ1) is 15.8. The summed E-state index contributed by atoms with van der Waals surface area (Å²) in [7, 11) is 1.70. The molecule has 21 heavy (non-hydrogen) atoms. The smallest absolute Gasteiger partial charge is 0.325 e. The second-order valence-electron chi connectivity index (χ2n) is 5.68. The van der Waals surface area contributed by atoms with Gasteiger partial charge in [0.2, 0.25) is 5.91 Å². The molecule has 1 spiro atoms. The van der Waals surface area contributed by atoms with Crippen molar-refractivity contribution in [3.05, 3.63) is 0 Å². The molecule has 2 aliphatic heterocycles. The number of likely N-dealkylation sites (N-methyl/N-ethyl adjacent to an activating group) is 1. The number of imide groups is 1. The van der Waals surface area contributed by atoms with Crippen molar-refractivity contribution in [1.82, 2.24) is 15.1 Å². The van der Waals surface area contributed by atoms with E-state index in [-0.39, 0.29) is 18.4 Å². The molecule has 0 atom stereocenters. The zero-order valence-electron chi connectivity index (χ0n) is 12.7. The van der Waals surface area contributed by atoms with Crippen LogP contribution in [0, 0.1) is 0 Å². The van der Waals surface area contributed by atoms with E-state index >= 15 is 0 Å². The third-order valence-electron chi connectivity index (χ3n) is 4.16. The average molecular weight is 297 g/mol. The van der Waals surface area contributed by atoms with E-state index in [1.54, 1.807) is 11.9 Å². The molecule has 2 fully saturated rings. The molecule has 0 radical (unpaired) electrons. The lowest BCUT2D eigenvalue weighted by molar-refractivity contribution is -0.140. The molecule has 0 unspecified atom stereocenters. The van der Waals surface area contributed by atoms with Crippen LogP contribution < -0.4 is 5.32 Å². The number of nitrogens with zero attached hydrogens (tertiary/aromatic N) is 2. The maximum Gasteiger partial charge on any atom is 0.325 e. The maximum atomic E-state index is 12.5. The highest BCUT2D eigenvalue weighted by molar-refractivity contribution is 6.09. The Labute approximate surface area is 124 Å². The Balaban J connectivity index is 1.98. The van der Waals surface area contributed by atoms with E-state index in [4.69, 9.17) is 4.74 Å². The van der Waals surface area contributed by atoms with Gasteiger partial charge in [0.1, 0.15) is 12.1 Å². The van der Waals surface area contributed by atoms with Crippen LogP contribution in [0.4, 0.5) is 4.79 Å². The summed E-state index contributed by atoms with van der Waals surface area (Å²) in [6, 6.07) is -0.473. The van der Waals surface area contributed by atoms with E-state index in [1.165, 1.54) is 0 Å². The lowest BCUT2D eigenvalue weighted by Gasteiger charge is -2.30. The Morgan fingerprint density at radius 3 is 2.67 bits per heavy atom. The van der Waals surface area contributed by atoms with E-state index < -0.39 is 11.6 Å². The van der Waals surface area contributed by atoms with Gasteiger partial charge in [-0.05, 0) is 6.42 Å². The molecule has 4 amide bonds. The Kier molecular flexibility index (Phi) is 4.82. The molecule has 2 saturated heterocycles. The molecule has 0 aromatic heterocycles. The molecule has 2 heterocycles. The van der Waals surface area contributed by atoms with Crippen molar-refractivity contribution in [2.75, 3.05) is 33.4 Å². The molecular weight excluding hydrogens is 274 g/mol. The molecule has 2 rings (SSSR count). The molecule has 2 aliphatic rings. The van der Waals surface area contributed by atoms with E-state index in [9.17, 15) is 14.4 Å². The number of nitrogens with one attached hydrogen (secondary N) is 1. The number of unbranched alkanes of at least 4 members (excludes halogenated alkanes) is 1. The topological polar surface area (TPSA) is 79.0 Å². The van der Waals surface area contributed by atoms with Crippen molar-refractivity contribution >= 4 is 17.8 Å². The number of hydrogen-bond donors (Lipinski definition) is 1. The quantitative estimate of drug-likeness (QED) is 0.743. The van der Waals surface area contributed by atoms with Gasteiger partial charge in [-0.3, -0.25) is 14.5 Å². The predicted molar refractivity (Wildman–Crippen MR) is 75.6 cm³/mol. The first-order chi connectivity index (χ1) is 10.00. The monoisotopic (exact) mass is 297 g/mol. The van der Waals surface area contributed by atoms with Gasteiger partial charge in [0.25, 0.3) is 5.91 Å². The summed E-state index contributed by atoms with van der Waals surface area (Å²) >= 11 is 0. The first-order valence-electron chi connectivity index (χ1n) is 7.46. The van der Waals surface area contributed by atoms with Gasteiger partial charge in [-0.1, -0.05) is 13.3 Å². The molecule has 0 aromatic rings. The zero-order valence-corrected chi connectivity index (χ0v) is 12.7. The van der Waals surface area contributed by atoms with Crippen LogP contribution in [0.3, 0.4) is 0 Å². The maximum absolute atomic E-state index is 12.5. The zero-order chi connectivity index (χ0) is 15.5. The van der Waals surface area contributed by atoms with Crippen molar-refractivity contribution in [3.8, 4) is 0 Å². The third kappa shape index (κ3) is 3.18. The molecule has 7 heteroatoms. The number of amides is 4. The minimum atomic E-state index is -0.863. The van der Waals surface area contributed by atoms with Crippen LogP contribution in [0.1, 0.15) is 32.6 Å². The molecule has 0 saturated carbocycles. The summed E-state index contributed by atoms with van der Waals surface area (Å²) in [5.74, 6) is -0.510. The second kappa shape index (κ2) is 6.43. The minimum Gasteiger partial charge on any atom is -0.381 e. The fourth-order valence-electron chi connectivity index (χ4n) is 2.65. The molecule has 118 valence electrons. The lowest BCUT2D eigenvalue weighted by Crippen LogP contribution is -2.51. The number of urea groups is 1. The standard InChI is InChI=1S/C14H23N3O4/c1-3-4-7-16(2)11(18)10-17-12(19)14(15-13(17)20)5-8-21-9-6-14/h3-10H2,1-2H3,(H,15,20). The molecular formula is C14H23N3O4. The molecule has 0 aromatic carbocycles. The van der Waals surface area contributed by atoms with Crippen molar-refractivity contribution in [2.45, 2.75) is 38.1 Å². The Morgan fingerprint density at radius 2 is 2.05 bits per heavy atom. The summed E-state index contributed by atoms with van der Waals surface area (Å²) < 4.78 is 5.24. The van der Waals surface area contributed by atoms with Crippen LogP contribution >= 0.6 is 0 Å². The van der Waals surface area contributed by atoms with E-state index in [0.717, 1.165) is 17.7 Å². The van der Waals surface area contributed by atoms with Gasteiger partial charge in [-0.25, -0.2) is 4.79 Å². The van der Waals surface area contributed by atoms with Gasteiger partial charge in [-0.15, -0.1) is 0 Å². The van der Waals surface area contributed by atoms with Crippen molar-refractivity contribution in [3.63, 3.8) is 0 Å². The van der Waals surface area contributed by atoms with Crippen LogP contribution in [-0.4, -0.2) is 66.5 Å². The Bertz CT molecular complexity index is 432. The molecule has 0 aliphatic carbocycles. The van der Waals surface area contributed by atoms with Gasteiger partial charge >= 0.3 is 6.03 Å². The highest BCUT2D eigenvalue weighted by Crippen LogP contribution is 2.28. The normalized spacial score (nSPS) is 20.8. The minimum absolute atomic E-state index is 0.187. The summed E-state index contributed by atoms with van der Waals surface area (Å²) in [5.41, 5.74) is -0.863. The summed E-state index contributed by atoms with van der Waals surface area (Å²) in [5, 5.41) is 2.74. The van der Waals surface area contributed by atoms with Crippen LogP contribution in [0.25, 0.3) is 0 Å². The van der Waals surface area contributed by atoms with Crippen molar-refractivity contribution < 1.29 is 19.1 Å². The van der Waals surface area contributed by atoms with Crippen LogP contribution in [0.15, 0.2) is 0 Å². The molecule has 1 N–H and O–H groups in total. The Morgan fingerprint density at radius 1 is 1.38 bits per heavy atom. The number of carbonyl (C=O) groups is 3. The Hall–Kier alpha value is -1.63. The van der Waals surface area contributed by atoms with E-state index in [0.29, 0.717) is 32.6 Å². The molecule has 7 nitrogen and oxygen atoms in total. The summed E-state index contributed by atoms with van der Waals surface area (Å²) in [6.07, 6.45) is 2.83. The summed E-state index contributed by atoms with van der Waals surface area (Å²) in [4.78, 5) is 39.2. The van der Waals surface area contributed by atoms with E-state index in [2.05, 4.69) is 5.32 Å². The summed E-state index contributed by atoms with van der Waals surface area (Å²) in [6.45, 7) is 3.39. The fraction of sp³-hybridized carbons (Fsp3) is 0.786. The third-order valence-corrected chi connectivity index (χ3v) is 4.16. The highest BCUT2D eigenvalue weighted by Gasteiger charge is 2.52. The average Bonchev–Trinajstić information content (AvgIpc) is 2.69. The fourth-order valence-corrected chi connectivity index (χ4v) is 2.65. The number of carbonyl (C=O) groups excluding carboxylic acids is 3. The van der Waals surface area contributed by atoms with Crippen LogP contribution in [0.2, 0.25) is 0 Å².